The van der Waals surface area contributed by atoms with Crippen LogP contribution in [0, 0.1) is 6.92 Å². The maximum atomic E-state index is 13.0. The Labute approximate surface area is 180 Å². The molecule has 3 aromatic carbocycles. The summed E-state index contributed by atoms with van der Waals surface area (Å²) in [6, 6.07) is 18.5. The number of sulfonamides is 1. The highest BCUT2D eigenvalue weighted by molar-refractivity contribution is 7.92. The van der Waals surface area contributed by atoms with Gasteiger partial charge >= 0.3 is 11.9 Å². The van der Waals surface area contributed by atoms with Gasteiger partial charge < -0.3 is 9.47 Å². The quantitative estimate of drug-likeness (QED) is 0.428. The minimum absolute atomic E-state index is 0.0361. The number of aryl methyl sites for hydroxylation is 1. The molecule has 0 atom stereocenters. The Kier molecular flexibility index (Phi) is 6.41. The van der Waals surface area contributed by atoms with E-state index in [2.05, 4.69) is 4.74 Å². The van der Waals surface area contributed by atoms with E-state index in [4.69, 9.17) is 4.74 Å². The van der Waals surface area contributed by atoms with Crippen molar-refractivity contribution in [3.63, 3.8) is 0 Å². The van der Waals surface area contributed by atoms with Crippen molar-refractivity contribution in [2.24, 2.45) is 0 Å². The average molecular weight is 439 g/mol. The third kappa shape index (κ3) is 4.92. The highest BCUT2D eigenvalue weighted by Gasteiger charge is 2.23. The van der Waals surface area contributed by atoms with Crippen LogP contribution in [0.2, 0.25) is 0 Å². The number of carbonyl (C=O) groups excluding carboxylic acids is 2. The Morgan fingerprint density at radius 1 is 0.839 bits per heavy atom. The van der Waals surface area contributed by atoms with Crippen LogP contribution in [0.3, 0.4) is 0 Å². The van der Waals surface area contributed by atoms with E-state index in [1.807, 2.05) is 19.1 Å². The van der Waals surface area contributed by atoms with Crippen LogP contribution < -0.4 is 9.04 Å². The van der Waals surface area contributed by atoms with Crippen molar-refractivity contribution < 1.29 is 27.5 Å². The van der Waals surface area contributed by atoms with Gasteiger partial charge in [-0.1, -0.05) is 23.8 Å². The summed E-state index contributed by atoms with van der Waals surface area (Å²) in [7, 11) is -1.15. The number of esters is 2. The van der Waals surface area contributed by atoms with Gasteiger partial charge in [-0.3, -0.25) is 4.31 Å². The van der Waals surface area contributed by atoms with Gasteiger partial charge in [0.05, 0.1) is 28.8 Å². The molecule has 0 aromatic heterocycles. The molecule has 0 saturated heterocycles. The predicted octanol–water partition coefficient (Wildman–Crippen LogP) is 3.83. The van der Waals surface area contributed by atoms with Gasteiger partial charge in [-0.15, -0.1) is 0 Å². The molecular weight excluding hydrogens is 418 g/mol. The zero-order chi connectivity index (χ0) is 22.6. The first-order chi connectivity index (χ1) is 14.7. The Hall–Kier alpha value is -3.65. The lowest BCUT2D eigenvalue weighted by molar-refractivity contribution is 0.0600. The van der Waals surface area contributed by atoms with Crippen LogP contribution in [0.5, 0.6) is 5.75 Å². The Morgan fingerprint density at radius 3 is 2.10 bits per heavy atom. The fraction of sp³-hybridized carbons (Fsp3) is 0.130. The van der Waals surface area contributed by atoms with Crippen LogP contribution >= 0.6 is 0 Å². The molecule has 0 radical (unpaired) electrons. The molecule has 0 bridgehead atoms. The van der Waals surface area contributed by atoms with E-state index in [-0.39, 0.29) is 16.2 Å². The minimum Gasteiger partial charge on any atom is -0.465 e. The third-order valence-corrected chi connectivity index (χ3v) is 6.39. The number of benzene rings is 3. The van der Waals surface area contributed by atoms with Gasteiger partial charge in [0.1, 0.15) is 5.75 Å². The van der Waals surface area contributed by atoms with E-state index in [1.165, 1.54) is 62.7 Å². The van der Waals surface area contributed by atoms with Crippen molar-refractivity contribution in [1.82, 2.24) is 0 Å². The van der Waals surface area contributed by atoms with E-state index < -0.39 is 22.0 Å². The second kappa shape index (κ2) is 9.01. The summed E-state index contributed by atoms with van der Waals surface area (Å²) < 4.78 is 37.1. The molecule has 0 aliphatic heterocycles. The Bertz CT molecular complexity index is 1200. The molecular formula is C23H21NO6S. The molecule has 0 heterocycles. The van der Waals surface area contributed by atoms with Gasteiger partial charge in [0, 0.05) is 7.05 Å². The lowest BCUT2D eigenvalue weighted by Gasteiger charge is -2.20. The number of anilines is 1. The van der Waals surface area contributed by atoms with Crippen LogP contribution in [-0.2, 0) is 14.8 Å². The summed E-state index contributed by atoms with van der Waals surface area (Å²) in [5, 5.41) is 0. The van der Waals surface area contributed by atoms with Crippen LogP contribution in [0.25, 0.3) is 0 Å². The van der Waals surface area contributed by atoms with E-state index in [0.29, 0.717) is 11.3 Å². The molecule has 160 valence electrons. The minimum atomic E-state index is -3.88. The van der Waals surface area contributed by atoms with Gasteiger partial charge in [0.25, 0.3) is 10.0 Å². The Balaban J connectivity index is 1.81. The topological polar surface area (TPSA) is 90.0 Å². The van der Waals surface area contributed by atoms with Crippen molar-refractivity contribution in [3.8, 4) is 5.75 Å². The fourth-order valence-electron chi connectivity index (χ4n) is 2.78. The highest BCUT2D eigenvalue weighted by Crippen LogP contribution is 2.23. The summed E-state index contributed by atoms with van der Waals surface area (Å²) >= 11 is 0. The smallest absolute Gasteiger partial charge is 0.343 e. The molecule has 8 heteroatoms. The lowest BCUT2D eigenvalue weighted by atomic mass is 10.2. The van der Waals surface area contributed by atoms with Crippen LogP contribution in [-0.4, -0.2) is 34.5 Å². The monoisotopic (exact) mass is 439 g/mol. The standard InChI is InChI=1S/C23H21NO6S/c1-16-7-11-19(12-8-16)24(2)31(27,28)21-6-4-5-18(15-21)23(26)30-20-13-9-17(10-14-20)22(25)29-3/h4-15H,1-3H3. The van der Waals surface area contributed by atoms with E-state index >= 15 is 0 Å². The van der Waals surface area contributed by atoms with Crippen molar-refractivity contribution in [3.05, 3.63) is 89.5 Å². The molecule has 0 aliphatic rings. The number of ether oxygens (including phenoxy) is 2. The molecule has 31 heavy (non-hydrogen) atoms. The first-order valence-corrected chi connectivity index (χ1v) is 10.7. The molecule has 3 rings (SSSR count). The molecule has 0 spiro atoms. The summed E-state index contributed by atoms with van der Waals surface area (Å²) in [5.74, 6) is -1.02. The lowest BCUT2D eigenvalue weighted by Crippen LogP contribution is -2.26. The molecule has 0 unspecified atom stereocenters. The number of hydrogen-bond acceptors (Lipinski definition) is 6. The number of methoxy groups -OCH3 is 1. The highest BCUT2D eigenvalue weighted by atomic mass is 32.2. The summed E-state index contributed by atoms with van der Waals surface area (Å²) in [6.07, 6.45) is 0. The normalized spacial score (nSPS) is 10.9. The largest absolute Gasteiger partial charge is 0.465 e. The summed E-state index contributed by atoms with van der Waals surface area (Å²) in [6.45, 7) is 1.91. The maximum absolute atomic E-state index is 13.0. The van der Waals surface area contributed by atoms with E-state index in [0.717, 1.165) is 9.87 Å². The first kappa shape index (κ1) is 22.0. The van der Waals surface area contributed by atoms with E-state index in [9.17, 15) is 18.0 Å². The number of nitrogens with zero attached hydrogens (tertiary/aromatic N) is 1. The third-order valence-electron chi connectivity index (χ3n) is 4.61. The molecule has 0 aliphatic carbocycles. The number of hydrogen-bond donors (Lipinski definition) is 0. The van der Waals surface area contributed by atoms with Gasteiger partial charge in [0.2, 0.25) is 0 Å². The fourth-order valence-corrected chi connectivity index (χ4v) is 4.02. The van der Waals surface area contributed by atoms with Gasteiger partial charge in [-0.05, 0) is 61.5 Å². The second-order valence-corrected chi connectivity index (χ2v) is 8.71. The summed E-state index contributed by atoms with van der Waals surface area (Å²) in [4.78, 5) is 24.0. The molecule has 3 aromatic rings. The first-order valence-electron chi connectivity index (χ1n) is 9.28. The van der Waals surface area contributed by atoms with Crippen LogP contribution in [0.4, 0.5) is 5.69 Å². The van der Waals surface area contributed by atoms with Crippen molar-refractivity contribution in [1.29, 1.82) is 0 Å². The summed E-state index contributed by atoms with van der Waals surface area (Å²) in [5.41, 5.74) is 1.91. The maximum Gasteiger partial charge on any atom is 0.343 e. The zero-order valence-electron chi connectivity index (χ0n) is 17.2. The molecule has 0 saturated carbocycles. The van der Waals surface area contributed by atoms with Crippen LogP contribution in [0.1, 0.15) is 26.3 Å². The molecule has 0 fully saturated rings. The van der Waals surface area contributed by atoms with Crippen molar-refractivity contribution >= 4 is 27.6 Å². The van der Waals surface area contributed by atoms with Crippen molar-refractivity contribution in [2.75, 3.05) is 18.5 Å². The second-order valence-electron chi connectivity index (χ2n) is 6.74. The number of carbonyl (C=O) groups is 2. The van der Waals surface area contributed by atoms with Gasteiger partial charge in [-0.2, -0.15) is 0 Å². The van der Waals surface area contributed by atoms with Crippen LogP contribution in [0.15, 0.2) is 77.7 Å². The van der Waals surface area contributed by atoms with Crippen molar-refractivity contribution in [2.45, 2.75) is 11.8 Å². The van der Waals surface area contributed by atoms with Gasteiger partial charge in [0.15, 0.2) is 0 Å². The van der Waals surface area contributed by atoms with Gasteiger partial charge in [-0.25, -0.2) is 18.0 Å². The molecule has 0 amide bonds. The number of rotatable bonds is 6. The predicted molar refractivity (Wildman–Crippen MR) is 116 cm³/mol. The molecule has 7 nitrogen and oxygen atoms in total. The average Bonchev–Trinajstić information content (AvgIpc) is 2.79. The van der Waals surface area contributed by atoms with E-state index in [1.54, 1.807) is 12.1 Å². The zero-order valence-corrected chi connectivity index (χ0v) is 18.0. The molecule has 0 N–H and O–H groups in total. The Morgan fingerprint density at radius 2 is 1.48 bits per heavy atom. The SMILES string of the molecule is COC(=O)c1ccc(OC(=O)c2cccc(S(=O)(=O)N(C)c3ccc(C)cc3)c2)cc1.